The minimum Gasteiger partial charge on any atom is -0.508 e. The second kappa shape index (κ2) is 9.40. The molecule has 0 aromatic heterocycles. The Labute approximate surface area is 196 Å². The van der Waals surface area contributed by atoms with Crippen LogP contribution >= 0.6 is 0 Å². The number of nitrogens with zero attached hydrogens (tertiary/aromatic N) is 2. The maximum Gasteiger partial charge on any atom is 0.234 e. The molecule has 0 radical (unpaired) electrons. The van der Waals surface area contributed by atoms with Crippen molar-refractivity contribution in [2.24, 2.45) is 0 Å². The van der Waals surface area contributed by atoms with Crippen LogP contribution in [-0.4, -0.2) is 47.0 Å². The summed E-state index contributed by atoms with van der Waals surface area (Å²) < 4.78 is 0. The Balaban J connectivity index is 1.56. The van der Waals surface area contributed by atoms with Crippen LogP contribution in [0, 0.1) is 0 Å². The first-order chi connectivity index (χ1) is 16.1. The van der Waals surface area contributed by atoms with Crippen LogP contribution in [0.5, 0.6) is 5.75 Å². The molecular formula is C29H32N2O2. The van der Waals surface area contributed by atoms with E-state index in [1.165, 1.54) is 18.4 Å². The number of benzene rings is 3. The Morgan fingerprint density at radius 1 is 0.939 bits per heavy atom. The molecule has 3 aromatic rings. The summed E-state index contributed by atoms with van der Waals surface area (Å²) in [5.74, 6) is 0.00134. The SMILES string of the molecule is CN(C(=O)C(c1ccccc1)c1ccccc1)C1c2cc(O)ccc2CCC1N1CCCC1. The molecule has 3 aromatic carbocycles. The van der Waals surface area contributed by atoms with E-state index in [1.807, 2.05) is 84.7 Å². The Hall–Kier alpha value is -3.11. The van der Waals surface area contributed by atoms with Gasteiger partial charge in [-0.1, -0.05) is 66.7 Å². The van der Waals surface area contributed by atoms with E-state index < -0.39 is 0 Å². The number of fused-ring (bicyclic) bond motifs is 1. The number of hydrogen-bond acceptors (Lipinski definition) is 3. The maximum absolute atomic E-state index is 14.2. The van der Waals surface area contributed by atoms with Gasteiger partial charge in [0, 0.05) is 13.1 Å². The van der Waals surface area contributed by atoms with Crippen LogP contribution in [0.2, 0.25) is 0 Å². The highest BCUT2D eigenvalue weighted by Crippen LogP contribution is 2.41. The van der Waals surface area contributed by atoms with Crippen molar-refractivity contribution in [1.82, 2.24) is 9.80 Å². The molecule has 33 heavy (non-hydrogen) atoms. The second-order valence-corrected chi connectivity index (χ2v) is 9.38. The fourth-order valence-corrected chi connectivity index (χ4v) is 5.79. The van der Waals surface area contributed by atoms with Crippen LogP contribution in [0.3, 0.4) is 0 Å². The number of hydrogen-bond donors (Lipinski definition) is 1. The van der Waals surface area contributed by atoms with Gasteiger partial charge in [-0.25, -0.2) is 0 Å². The lowest BCUT2D eigenvalue weighted by atomic mass is 9.81. The van der Waals surface area contributed by atoms with Crippen molar-refractivity contribution in [3.8, 4) is 5.75 Å². The predicted molar refractivity (Wildman–Crippen MR) is 131 cm³/mol. The Morgan fingerprint density at radius 3 is 2.15 bits per heavy atom. The molecule has 4 nitrogen and oxygen atoms in total. The van der Waals surface area contributed by atoms with Gasteiger partial charge in [0.25, 0.3) is 0 Å². The van der Waals surface area contributed by atoms with Gasteiger partial charge in [0.15, 0.2) is 0 Å². The van der Waals surface area contributed by atoms with E-state index in [1.54, 1.807) is 6.07 Å². The zero-order valence-electron chi connectivity index (χ0n) is 19.2. The molecule has 2 unspecified atom stereocenters. The molecule has 4 heteroatoms. The van der Waals surface area contributed by atoms with Crippen molar-refractivity contribution in [3.05, 3.63) is 101 Å². The molecule has 0 bridgehead atoms. The third-order valence-electron chi connectivity index (χ3n) is 7.41. The fourth-order valence-electron chi connectivity index (χ4n) is 5.79. The number of likely N-dealkylation sites (N-methyl/N-ethyl adjacent to an activating group) is 1. The number of carbonyl (C=O) groups excluding carboxylic acids is 1. The summed E-state index contributed by atoms with van der Waals surface area (Å²) in [7, 11) is 1.95. The van der Waals surface area contributed by atoms with Crippen molar-refractivity contribution in [1.29, 1.82) is 0 Å². The van der Waals surface area contributed by atoms with E-state index in [9.17, 15) is 9.90 Å². The van der Waals surface area contributed by atoms with Crippen molar-refractivity contribution in [3.63, 3.8) is 0 Å². The number of aryl methyl sites for hydroxylation is 1. The maximum atomic E-state index is 14.2. The smallest absolute Gasteiger partial charge is 0.234 e. The lowest BCUT2D eigenvalue weighted by molar-refractivity contribution is -0.134. The predicted octanol–water partition coefficient (Wildman–Crippen LogP) is 5.13. The largest absolute Gasteiger partial charge is 0.508 e. The number of phenolic OH excluding ortho intramolecular Hbond substituents is 1. The van der Waals surface area contributed by atoms with Gasteiger partial charge in [-0.2, -0.15) is 0 Å². The molecule has 2 aliphatic rings. The molecule has 2 atom stereocenters. The minimum absolute atomic E-state index is 0.0821. The van der Waals surface area contributed by atoms with Crippen LogP contribution in [0.15, 0.2) is 78.9 Å². The summed E-state index contributed by atoms with van der Waals surface area (Å²) in [4.78, 5) is 18.8. The van der Waals surface area contributed by atoms with Crippen LogP contribution in [0.25, 0.3) is 0 Å². The fraction of sp³-hybridized carbons (Fsp3) is 0.345. The van der Waals surface area contributed by atoms with Crippen LogP contribution in [0.4, 0.5) is 0 Å². The Kier molecular flexibility index (Phi) is 6.19. The summed E-state index contributed by atoms with van der Waals surface area (Å²) in [6, 6.07) is 26.0. The first kappa shape index (κ1) is 21.7. The highest BCUT2D eigenvalue weighted by atomic mass is 16.3. The lowest BCUT2D eigenvalue weighted by Crippen LogP contribution is -2.49. The van der Waals surface area contributed by atoms with Crippen molar-refractivity contribution in [2.75, 3.05) is 20.1 Å². The lowest BCUT2D eigenvalue weighted by Gasteiger charge is -2.44. The highest BCUT2D eigenvalue weighted by molar-refractivity contribution is 5.87. The average molecular weight is 441 g/mol. The van der Waals surface area contributed by atoms with Crippen LogP contribution in [-0.2, 0) is 11.2 Å². The quantitative estimate of drug-likeness (QED) is 0.598. The molecule has 170 valence electrons. The summed E-state index contributed by atoms with van der Waals surface area (Å²) >= 11 is 0. The molecule has 0 spiro atoms. The van der Waals surface area contributed by atoms with E-state index in [0.29, 0.717) is 0 Å². The third kappa shape index (κ3) is 4.28. The number of amides is 1. The minimum atomic E-state index is -0.362. The third-order valence-corrected chi connectivity index (χ3v) is 7.41. The summed E-state index contributed by atoms with van der Waals surface area (Å²) in [6.45, 7) is 2.16. The molecule has 1 saturated heterocycles. The first-order valence-electron chi connectivity index (χ1n) is 12.1. The van der Waals surface area contributed by atoms with Gasteiger partial charge in [0.2, 0.25) is 5.91 Å². The van der Waals surface area contributed by atoms with E-state index in [-0.39, 0.29) is 29.7 Å². The van der Waals surface area contributed by atoms with Gasteiger partial charge < -0.3 is 10.0 Å². The van der Waals surface area contributed by atoms with E-state index >= 15 is 0 Å². The first-order valence-corrected chi connectivity index (χ1v) is 12.1. The monoisotopic (exact) mass is 440 g/mol. The van der Waals surface area contributed by atoms with Gasteiger partial charge in [0.05, 0.1) is 12.0 Å². The van der Waals surface area contributed by atoms with Crippen molar-refractivity contribution < 1.29 is 9.90 Å². The number of phenols is 1. The van der Waals surface area contributed by atoms with Crippen molar-refractivity contribution >= 4 is 5.91 Å². The molecular weight excluding hydrogens is 408 g/mol. The van der Waals surface area contributed by atoms with E-state index in [2.05, 4.69) is 4.90 Å². The van der Waals surface area contributed by atoms with E-state index in [0.717, 1.165) is 42.6 Å². The summed E-state index contributed by atoms with van der Waals surface area (Å²) in [6.07, 6.45) is 4.44. The van der Waals surface area contributed by atoms with Gasteiger partial charge in [-0.05, 0) is 73.2 Å². The van der Waals surface area contributed by atoms with Gasteiger partial charge in [-0.15, -0.1) is 0 Å². The molecule has 1 heterocycles. The molecule has 1 fully saturated rings. The summed E-state index contributed by atoms with van der Waals surface area (Å²) in [5, 5.41) is 10.3. The average Bonchev–Trinajstić information content (AvgIpc) is 3.39. The second-order valence-electron chi connectivity index (χ2n) is 9.38. The molecule has 1 aliphatic heterocycles. The van der Waals surface area contributed by atoms with Crippen LogP contribution in [0.1, 0.15) is 53.5 Å². The number of aromatic hydroxyl groups is 1. The highest BCUT2D eigenvalue weighted by Gasteiger charge is 2.40. The summed E-state index contributed by atoms with van der Waals surface area (Å²) in [5.41, 5.74) is 4.34. The van der Waals surface area contributed by atoms with Crippen molar-refractivity contribution in [2.45, 2.75) is 43.7 Å². The number of carbonyl (C=O) groups is 1. The zero-order chi connectivity index (χ0) is 22.8. The standard InChI is InChI=1S/C29H32N2O2/c1-30(29(33)27(22-10-4-2-5-11-22)23-12-6-3-7-13-23)28-25-20-24(32)16-14-21(25)15-17-26(28)31-18-8-9-19-31/h2-7,10-14,16,20,26-28,32H,8-9,15,17-19H2,1H3. The Morgan fingerprint density at radius 2 is 1.55 bits per heavy atom. The van der Waals surface area contributed by atoms with Gasteiger partial charge >= 0.3 is 0 Å². The Bertz CT molecular complexity index is 1050. The molecule has 1 aliphatic carbocycles. The van der Waals surface area contributed by atoms with Gasteiger partial charge in [0.1, 0.15) is 5.75 Å². The normalized spacial score (nSPS) is 20.5. The topological polar surface area (TPSA) is 43.8 Å². The van der Waals surface area contributed by atoms with Gasteiger partial charge in [-0.3, -0.25) is 9.69 Å². The zero-order valence-corrected chi connectivity index (χ0v) is 19.2. The van der Waals surface area contributed by atoms with E-state index in [4.69, 9.17) is 0 Å². The molecule has 1 N–H and O–H groups in total. The molecule has 0 saturated carbocycles. The molecule has 1 amide bonds. The number of rotatable bonds is 5. The van der Waals surface area contributed by atoms with Crippen LogP contribution < -0.4 is 0 Å². The molecule has 5 rings (SSSR count). The number of likely N-dealkylation sites (tertiary alicyclic amines) is 1.